The van der Waals surface area contributed by atoms with Crippen molar-refractivity contribution in [1.29, 1.82) is 0 Å². The Morgan fingerprint density at radius 2 is 2.00 bits per heavy atom. The van der Waals surface area contributed by atoms with Gasteiger partial charge in [-0.1, -0.05) is 18.2 Å². The lowest BCUT2D eigenvalue weighted by Crippen LogP contribution is -2.46. The van der Waals surface area contributed by atoms with Crippen molar-refractivity contribution >= 4 is 5.78 Å². The molecule has 0 radical (unpaired) electrons. The Morgan fingerprint density at radius 3 is 2.75 bits per heavy atom. The third kappa shape index (κ3) is 2.52. The molecule has 1 heterocycles. The standard InChI is InChI=1S/C17H22O3/c1-19-17(7-9-20-10-8-17)16(18)12-13-5-6-14-3-2-4-15(14)11-13/h5-6,11H,2-4,7-10,12H2,1H3. The molecule has 0 atom stereocenters. The summed E-state index contributed by atoms with van der Waals surface area (Å²) in [5.41, 5.74) is 3.37. The minimum absolute atomic E-state index is 0.196. The Bertz CT molecular complexity index is 501. The highest BCUT2D eigenvalue weighted by molar-refractivity contribution is 5.89. The summed E-state index contributed by atoms with van der Waals surface area (Å²) in [4.78, 5) is 12.6. The molecule has 1 fully saturated rings. The number of aryl methyl sites for hydroxylation is 2. The van der Waals surface area contributed by atoms with Crippen LogP contribution in [-0.4, -0.2) is 31.7 Å². The maximum atomic E-state index is 12.6. The van der Waals surface area contributed by atoms with E-state index in [0.717, 1.165) is 12.0 Å². The van der Waals surface area contributed by atoms with Crippen molar-refractivity contribution in [3.63, 3.8) is 0 Å². The normalized spacial score (nSPS) is 20.6. The minimum Gasteiger partial charge on any atom is -0.381 e. The van der Waals surface area contributed by atoms with Gasteiger partial charge in [0.15, 0.2) is 5.78 Å². The summed E-state index contributed by atoms with van der Waals surface area (Å²) >= 11 is 0. The maximum Gasteiger partial charge on any atom is 0.169 e. The van der Waals surface area contributed by atoms with E-state index in [1.807, 2.05) is 0 Å². The van der Waals surface area contributed by atoms with Crippen LogP contribution < -0.4 is 0 Å². The number of carbonyl (C=O) groups excluding carboxylic acids is 1. The second-order valence-electron chi connectivity index (χ2n) is 5.87. The van der Waals surface area contributed by atoms with Crippen LogP contribution in [0, 0.1) is 0 Å². The molecule has 0 amide bonds. The van der Waals surface area contributed by atoms with Gasteiger partial charge in [0.2, 0.25) is 0 Å². The van der Waals surface area contributed by atoms with E-state index in [0.29, 0.717) is 32.5 Å². The molecule has 20 heavy (non-hydrogen) atoms. The summed E-state index contributed by atoms with van der Waals surface area (Å²) in [5, 5.41) is 0. The SMILES string of the molecule is COC1(C(=O)Cc2ccc3c(c2)CCC3)CCOCC1. The van der Waals surface area contributed by atoms with Crippen LogP contribution in [0.15, 0.2) is 18.2 Å². The highest BCUT2D eigenvalue weighted by atomic mass is 16.5. The predicted molar refractivity (Wildman–Crippen MR) is 77.0 cm³/mol. The summed E-state index contributed by atoms with van der Waals surface area (Å²) in [7, 11) is 1.64. The van der Waals surface area contributed by atoms with E-state index in [1.165, 1.54) is 24.0 Å². The number of Topliss-reactive ketones (excluding diaryl/α,β-unsaturated/α-hetero) is 1. The van der Waals surface area contributed by atoms with Crippen LogP contribution in [0.5, 0.6) is 0 Å². The van der Waals surface area contributed by atoms with Gasteiger partial charge in [-0.25, -0.2) is 0 Å². The minimum atomic E-state index is -0.628. The van der Waals surface area contributed by atoms with Gasteiger partial charge in [-0.05, 0) is 36.0 Å². The number of carbonyl (C=O) groups is 1. The third-order valence-corrected chi connectivity index (χ3v) is 4.73. The number of methoxy groups -OCH3 is 1. The van der Waals surface area contributed by atoms with E-state index in [1.54, 1.807) is 7.11 Å². The molecule has 1 aromatic rings. The van der Waals surface area contributed by atoms with Crippen LogP contribution >= 0.6 is 0 Å². The number of hydrogen-bond donors (Lipinski definition) is 0. The predicted octanol–water partition coefficient (Wildman–Crippen LogP) is 2.48. The molecule has 0 aromatic heterocycles. The summed E-state index contributed by atoms with van der Waals surface area (Å²) in [6.45, 7) is 1.23. The second-order valence-corrected chi connectivity index (χ2v) is 5.87. The monoisotopic (exact) mass is 274 g/mol. The average Bonchev–Trinajstić information content (AvgIpc) is 2.95. The molecule has 3 heteroatoms. The molecule has 3 rings (SSSR count). The van der Waals surface area contributed by atoms with Gasteiger partial charge < -0.3 is 9.47 Å². The van der Waals surface area contributed by atoms with Crippen molar-refractivity contribution in [3.05, 3.63) is 34.9 Å². The number of ketones is 1. The van der Waals surface area contributed by atoms with Gasteiger partial charge in [0.05, 0.1) is 0 Å². The molecule has 3 nitrogen and oxygen atoms in total. The van der Waals surface area contributed by atoms with Crippen LogP contribution in [0.3, 0.4) is 0 Å². The Hall–Kier alpha value is -1.19. The molecule has 1 aliphatic carbocycles. The quantitative estimate of drug-likeness (QED) is 0.846. The van der Waals surface area contributed by atoms with Crippen LogP contribution in [0.1, 0.15) is 36.0 Å². The largest absolute Gasteiger partial charge is 0.381 e. The lowest BCUT2D eigenvalue weighted by molar-refractivity contribution is -0.151. The summed E-state index contributed by atoms with van der Waals surface area (Å²) in [5.74, 6) is 0.196. The van der Waals surface area contributed by atoms with Gasteiger partial charge >= 0.3 is 0 Å². The number of rotatable bonds is 4. The smallest absolute Gasteiger partial charge is 0.169 e. The van der Waals surface area contributed by atoms with Crippen molar-refractivity contribution < 1.29 is 14.3 Å². The first-order valence-electron chi connectivity index (χ1n) is 7.50. The Kier molecular flexibility index (Phi) is 3.90. The lowest BCUT2D eigenvalue weighted by atomic mass is 9.86. The first kappa shape index (κ1) is 13.8. The van der Waals surface area contributed by atoms with Crippen molar-refractivity contribution in [1.82, 2.24) is 0 Å². The lowest BCUT2D eigenvalue weighted by Gasteiger charge is -2.34. The molecule has 108 valence electrons. The molecule has 1 saturated heterocycles. The van der Waals surface area contributed by atoms with Crippen molar-refractivity contribution in [2.45, 2.75) is 44.1 Å². The number of ether oxygens (including phenoxy) is 2. The molecule has 0 N–H and O–H groups in total. The van der Waals surface area contributed by atoms with Gasteiger partial charge in [-0.2, -0.15) is 0 Å². The van der Waals surface area contributed by atoms with Crippen molar-refractivity contribution in [2.75, 3.05) is 20.3 Å². The van der Waals surface area contributed by atoms with E-state index >= 15 is 0 Å². The van der Waals surface area contributed by atoms with E-state index < -0.39 is 5.60 Å². The Morgan fingerprint density at radius 1 is 1.25 bits per heavy atom. The molecule has 1 aliphatic heterocycles. The van der Waals surface area contributed by atoms with E-state index in [4.69, 9.17) is 9.47 Å². The summed E-state index contributed by atoms with van der Waals surface area (Å²) in [6, 6.07) is 6.50. The maximum absolute atomic E-state index is 12.6. The summed E-state index contributed by atoms with van der Waals surface area (Å²) in [6.07, 6.45) is 5.40. The van der Waals surface area contributed by atoms with E-state index in [9.17, 15) is 4.79 Å². The zero-order chi connectivity index (χ0) is 14.0. The highest BCUT2D eigenvalue weighted by Crippen LogP contribution is 2.28. The molecule has 1 aromatic carbocycles. The van der Waals surface area contributed by atoms with Crippen LogP contribution in [0.4, 0.5) is 0 Å². The number of benzene rings is 1. The van der Waals surface area contributed by atoms with Gasteiger partial charge in [-0.3, -0.25) is 4.79 Å². The Labute approximate surface area is 120 Å². The zero-order valence-electron chi connectivity index (χ0n) is 12.1. The van der Waals surface area contributed by atoms with Gasteiger partial charge in [0, 0.05) is 39.6 Å². The zero-order valence-corrected chi connectivity index (χ0v) is 12.1. The molecule has 2 aliphatic rings. The van der Waals surface area contributed by atoms with Crippen molar-refractivity contribution in [3.8, 4) is 0 Å². The van der Waals surface area contributed by atoms with Crippen LogP contribution in [0.2, 0.25) is 0 Å². The topological polar surface area (TPSA) is 35.5 Å². The number of hydrogen-bond acceptors (Lipinski definition) is 3. The molecular weight excluding hydrogens is 252 g/mol. The highest BCUT2D eigenvalue weighted by Gasteiger charge is 2.39. The first-order valence-corrected chi connectivity index (χ1v) is 7.50. The van der Waals surface area contributed by atoms with Crippen molar-refractivity contribution in [2.24, 2.45) is 0 Å². The summed E-state index contributed by atoms with van der Waals surface area (Å²) < 4.78 is 10.9. The third-order valence-electron chi connectivity index (χ3n) is 4.73. The fourth-order valence-electron chi connectivity index (χ4n) is 3.38. The van der Waals surface area contributed by atoms with Gasteiger partial charge in [-0.15, -0.1) is 0 Å². The molecule has 0 saturated carbocycles. The molecule has 0 bridgehead atoms. The first-order chi connectivity index (χ1) is 9.73. The second kappa shape index (κ2) is 5.66. The Balaban J connectivity index is 1.74. The van der Waals surface area contributed by atoms with Crippen LogP contribution in [-0.2, 0) is 33.5 Å². The molecular formula is C17H22O3. The fourth-order valence-corrected chi connectivity index (χ4v) is 3.38. The molecule has 0 spiro atoms. The van der Waals surface area contributed by atoms with E-state index in [2.05, 4.69) is 18.2 Å². The molecule has 0 unspecified atom stereocenters. The van der Waals surface area contributed by atoms with Gasteiger partial charge in [0.25, 0.3) is 0 Å². The number of fused-ring (bicyclic) bond motifs is 1. The van der Waals surface area contributed by atoms with Gasteiger partial charge in [0.1, 0.15) is 5.60 Å². The van der Waals surface area contributed by atoms with E-state index in [-0.39, 0.29) is 5.78 Å². The fraction of sp³-hybridized carbons (Fsp3) is 0.588. The average molecular weight is 274 g/mol. The van der Waals surface area contributed by atoms with Crippen LogP contribution in [0.25, 0.3) is 0 Å².